The van der Waals surface area contributed by atoms with Crippen molar-refractivity contribution in [3.63, 3.8) is 0 Å². The smallest absolute Gasteiger partial charge is 0.262 e. The van der Waals surface area contributed by atoms with E-state index in [0.717, 1.165) is 28.0 Å². The highest BCUT2D eigenvalue weighted by atomic mass is 16.7. The first-order chi connectivity index (χ1) is 17.5. The number of benzene rings is 2. The van der Waals surface area contributed by atoms with Gasteiger partial charge in [-0.25, -0.2) is 4.98 Å². The van der Waals surface area contributed by atoms with Gasteiger partial charge in [-0.3, -0.25) is 9.78 Å². The summed E-state index contributed by atoms with van der Waals surface area (Å²) in [7, 11) is 3.08. The molecule has 0 saturated carbocycles. The molecule has 2 aromatic carbocycles. The van der Waals surface area contributed by atoms with Gasteiger partial charge in [-0.1, -0.05) is 6.07 Å². The largest absolute Gasteiger partial charge is 0.496 e. The third-order valence-corrected chi connectivity index (χ3v) is 5.51. The van der Waals surface area contributed by atoms with Crippen LogP contribution < -0.4 is 19.8 Å². The van der Waals surface area contributed by atoms with Crippen molar-refractivity contribution in [3.05, 3.63) is 75.8 Å². The van der Waals surface area contributed by atoms with E-state index in [4.69, 9.17) is 28.7 Å². The van der Waals surface area contributed by atoms with Crippen molar-refractivity contribution in [2.45, 2.75) is 20.5 Å². The highest BCUT2D eigenvalue weighted by Crippen LogP contribution is 2.31. The van der Waals surface area contributed by atoms with Gasteiger partial charge in [0.1, 0.15) is 35.1 Å². The molecular formula is C27H29N3O6. The number of aromatic nitrogens is 3. The Bertz CT molecular complexity index is 1360. The van der Waals surface area contributed by atoms with Crippen molar-refractivity contribution >= 4 is 10.9 Å². The minimum Gasteiger partial charge on any atom is -0.496 e. The molecule has 188 valence electrons. The zero-order valence-electron chi connectivity index (χ0n) is 20.8. The number of nitrogens with one attached hydrogen (secondary N) is 1. The quantitative estimate of drug-likeness (QED) is 0.246. The van der Waals surface area contributed by atoms with Crippen LogP contribution in [0.15, 0.2) is 53.6 Å². The van der Waals surface area contributed by atoms with E-state index in [-0.39, 0.29) is 12.4 Å². The van der Waals surface area contributed by atoms with Crippen LogP contribution in [0.4, 0.5) is 0 Å². The fourth-order valence-corrected chi connectivity index (χ4v) is 3.92. The maximum absolute atomic E-state index is 13.0. The summed E-state index contributed by atoms with van der Waals surface area (Å²) in [6.07, 6.45) is 3.48. The van der Waals surface area contributed by atoms with Crippen LogP contribution in [0.1, 0.15) is 16.7 Å². The van der Waals surface area contributed by atoms with Crippen molar-refractivity contribution in [2.24, 2.45) is 0 Å². The van der Waals surface area contributed by atoms with Crippen LogP contribution in [0, 0.1) is 13.8 Å². The van der Waals surface area contributed by atoms with E-state index >= 15 is 0 Å². The molecule has 0 atom stereocenters. The van der Waals surface area contributed by atoms with Gasteiger partial charge in [0.25, 0.3) is 5.56 Å². The molecule has 0 aliphatic carbocycles. The number of H-pyrrole nitrogens is 1. The second-order valence-electron chi connectivity index (χ2n) is 8.19. The standard InChI is InChI=1S/C27H29N3O6/c1-17-10-20(11-18(2)25(17)36-16-32-3)26-29-22-12-21(13-23(33-4)24(22)27(31)30-26)35-9-8-34-15-19-6-5-7-28-14-19/h5-7,10-14H,8-9,15-16H2,1-4H3,(H,29,30,31). The molecule has 36 heavy (non-hydrogen) atoms. The van der Waals surface area contributed by atoms with E-state index < -0.39 is 0 Å². The summed E-state index contributed by atoms with van der Waals surface area (Å²) in [5, 5.41) is 0.356. The molecule has 0 aliphatic rings. The Kier molecular flexibility index (Phi) is 8.14. The molecule has 0 saturated heterocycles. The number of hydrogen-bond acceptors (Lipinski definition) is 8. The number of fused-ring (bicyclic) bond motifs is 1. The molecule has 9 nitrogen and oxygen atoms in total. The van der Waals surface area contributed by atoms with E-state index in [9.17, 15) is 4.79 Å². The SMILES string of the molecule is COCOc1c(C)cc(-c2nc3cc(OCCOCc4cccnc4)cc(OC)c3c(=O)[nH]2)cc1C. The molecular weight excluding hydrogens is 462 g/mol. The topological polar surface area (TPSA) is 105 Å². The summed E-state index contributed by atoms with van der Waals surface area (Å²) in [5.74, 6) is 2.10. The van der Waals surface area contributed by atoms with Gasteiger partial charge >= 0.3 is 0 Å². The fourth-order valence-electron chi connectivity index (χ4n) is 3.92. The second-order valence-corrected chi connectivity index (χ2v) is 8.19. The highest BCUT2D eigenvalue weighted by Gasteiger charge is 2.15. The van der Waals surface area contributed by atoms with Crippen molar-refractivity contribution in [1.29, 1.82) is 0 Å². The second kappa shape index (κ2) is 11.7. The van der Waals surface area contributed by atoms with Gasteiger partial charge in [-0.2, -0.15) is 0 Å². The average Bonchev–Trinajstić information content (AvgIpc) is 2.88. The molecule has 0 aliphatic heterocycles. The van der Waals surface area contributed by atoms with Gasteiger partial charge in [0, 0.05) is 37.2 Å². The van der Waals surface area contributed by atoms with Crippen LogP contribution in [0.5, 0.6) is 17.2 Å². The summed E-state index contributed by atoms with van der Waals surface area (Å²) in [4.78, 5) is 24.7. The number of rotatable bonds is 11. The van der Waals surface area contributed by atoms with E-state index in [1.54, 1.807) is 31.6 Å². The number of hydrogen-bond donors (Lipinski definition) is 1. The lowest BCUT2D eigenvalue weighted by molar-refractivity contribution is 0.0501. The molecule has 9 heteroatoms. The minimum absolute atomic E-state index is 0.156. The summed E-state index contributed by atoms with van der Waals surface area (Å²) in [6, 6.07) is 11.1. The Hall–Kier alpha value is -3.95. The maximum Gasteiger partial charge on any atom is 0.262 e. The molecule has 1 N–H and O–H groups in total. The van der Waals surface area contributed by atoms with Crippen molar-refractivity contribution in [1.82, 2.24) is 15.0 Å². The van der Waals surface area contributed by atoms with Crippen LogP contribution in [-0.4, -0.2) is 49.2 Å². The molecule has 0 fully saturated rings. The zero-order chi connectivity index (χ0) is 25.5. The predicted molar refractivity (Wildman–Crippen MR) is 136 cm³/mol. The first kappa shape index (κ1) is 25.2. The van der Waals surface area contributed by atoms with Crippen LogP contribution >= 0.6 is 0 Å². The Labute approximate surface area is 209 Å². The monoisotopic (exact) mass is 491 g/mol. The van der Waals surface area contributed by atoms with E-state index in [1.165, 1.54) is 7.11 Å². The van der Waals surface area contributed by atoms with E-state index in [0.29, 0.717) is 48.0 Å². The highest BCUT2D eigenvalue weighted by molar-refractivity contribution is 5.87. The molecule has 2 aromatic heterocycles. The van der Waals surface area contributed by atoms with Crippen molar-refractivity contribution in [2.75, 3.05) is 34.2 Å². The van der Waals surface area contributed by atoms with Crippen LogP contribution in [0.2, 0.25) is 0 Å². The van der Waals surface area contributed by atoms with Gasteiger partial charge in [-0.15, -0.1) is 0 Å². The molecule has 0 amide bonds. The average molecular weight is 492 g/mol. The number of aromatic amines is 1. The van der Waals surface area contributed by atoms with Gasteiger partial charge in [0.2, 0.25) is 0 Å². The van der Waals surface area contributed by atoms with E-state index in [1.807, 2.05) is 38.1 Å². The molecule has 0 spiro atoms. The zero-order valence-corrected chi connectivity index (χ0v) is 20.8. The summed E-state index contributed by atoms with van der Waals surface area (Å²) in [5.41, 5.74) is 3.74. The molecule has 0 bridgehead atoms. The first-order valence-electron chi connectivity index (χ1n) is 11.4. The predicted octanol–water partition coefficient (Wildman–Crippen LogP) is 4.19. The minimum atomic E-state index is -0.298. The van der Waals surface area contributed by atoms with Gasteiger partial charge in [-0.05, 0) is 48.7 Å². The normalized spacial score (nSPS) is 11.0. The number of methoxy groups -OCH3 is 2. The lowest BCUT2D eigenvalue weighted by Gasteiger charge is -2.14. The van der Waals surface area contributed by atoms with Crippen LogP contribution in [0.25, 0.3) is 22.3 Å². The van der Waals surface area contributed by atoms with Crippen LogP contribution in [-0.2, 0) is 16.1 Å². The van der Waals surface area contributed by atoms with Gasteiger partial charge in [0.15, 0.2) is 6.79 Å². The summed E-state index contributed by atoms with van der Waals surface area (Å²) < 4.78 is 27.7. The Balaban J connectivity index is 1.56. The molecule has 4 aromatic rings. The number of pyridine rings is 1. The number of ether oxygens (including phenoxy) is 5. The molecule has 2 heterocycles. The Morgan fingerprint density at radius 3 is 2.50 bits per heavy atom. The lowest BCUT2D eigenvalue weighted by Crippen LogP contribution is -2.12. The summed E-state index contributed by atoms with van der Waals surface area (Å²) in [6.45, 7) is 5.19. The third-order valence-electron chi connectivity index (χ3n) is 5.51. The number of nitrogens with zero attached hydrogens (tertiary/aromatic N) is 2. The molecule has 0 radical (unpaired) electrons. The Morgan fingerprint density at radius 2 is 1.81 bits per heavy atom. The fraction of sp³-hybridized carbons (Fsp3) is 0.296. The molecule has 0 unspecified atom stereocenters. The Morgan fingerprint density at radius 1 is 1.00 bits per heavy atom. The van der Waals surface area contributed by atoms with Crippen LogP contribution in [0.3, 0.4) is 0 Å². The first-order valence-corrected chi connectivity index (χ1v) is 11.4. The number of aryl methyl sites for hydroxylation is 2. The molecule has 4 rings (SSSR count). The van der Waals surface area contributed by atoms with Crippen molar-refractivity contribution in [3.8, 4) is 28.6 Å². The summed E-state index contributed by atoms with van der Waals surface area (Å²) >= 11 is 0. The third kappa shape index (κ3) is 5.81. The van der Waals surface area contributed by atoms with E-state index in [2.05, 4.69) is 9.97 Å². The van der Waals surface area contributed by atoms with Crippen molar-refractivity contribution < 1.29 is 23.7 Å². The maximum atomic E-state index is 13.0. The lowest BCUT2D eigenvalue weighted by atomic mass is 10.0. The van der Waals surface area contributed by atoms with Gasteiger partial charge in [0.05, 0.1) is 25.8 Å². The van der Waals surface area contributed by atoms with Gasteiger partial charge < -0.3 is 28.7 Å².